The summed E-state index contributed by atoms with van der Waals surface area (Å²) in [5.74, 6) is -1.66. The molecule has 0 spiro atoms. The van der Waals surface area contributed by atoms with Gasteiger partial charge in [-0.2, -0.15) is 0 Å². The number of hydrogen-bond acceptors (Lipinski definition) is 8. The van der Waals surface area contributed by atoms with E-state index >= 15 is 0 Å². The molecule has 3 aliphatic rings. The van der Waals surface area contributed by atoms with Gasteiger partial charge in [0.05, 0.1) is 6.42 Å². The van der Waals surface area contributed by atoms with Gasteiger partial charge in [0.1, 0.15) is 32.2 Å². The van der Waals surface area contributed by atoms with Crippen LogP contribution < -0.4 is 0 Å². The van der Waals surface area contributed by atoms with Crippen molar-refractivity contribution in [2.24, 2.45) is 10.3 Å². The van der Waals surface area contributed by atoms with Crippen molar-refractivity contribution in [1.29, 1.82) is 0 Å². The van der Waals surface area contributed by atoms with E-state index in [1.54, 1.807) is 7.05 Å². The first-order chi connectivity index (χ1) is 17.6. The number of fused-ring (bicyclic) bond motifs is 1. The molecule has 2 fully saturated rings. The predicted octanol–water partition coefficient (Wildman–Crippen LogP) is 2.57. The van der Waals surface area contributed by atoms with Crippen molar-refractivity contribution in [1.82, 2.24) is 4.90 Å². The van der Waals surface area contributed by atoms with E-state index < -0.39 is 42.5 Å². The van der Waals surface area contributed by atoms with Crippen LogP contribution >= 0.6 is 0 Å². The Labute approximate surface area is 214 Å². The van der Waals surface area contributed by atoms with Crippen molar-refractivity contribution in [3.05, 3.63) is 83.6 Å². The minimum Gasteiger partial charge on any atom is -0.480 e. The number of carboxylic acids is 1. The van der Waals surface area contributed by atoms with Crippen LogP contribution in [0.3, 0.4) is 0 Å². The molecule has 12 heteroatoms. The van der Waals surface area contributed by atoms with Gasteiger partial charge < -0.3 is 19.5 Å². The first-order valence-corrected chi connectivity index (χ1v) is 13.3. The van der Waals surface area contributed by atoms with E-state index in [0.717, 1.165) is 16.0 Å². The molecule has 2 aromatic carbocycles. The van der Waals surface area contributed by atoms with E-state index in [2.05, 4.69) is 10.3 Å². The molecule has 0 bridgehead atoms. The lowest BCUT2D eigenvalue weighted by Gasteiger charge is -2.36. The Balaban J connectivity index is 1.49. The van der Waals surface area contributed by atoms with Crippen molar-refractivity contribution >= 4 is 21.7 Å². The van der Waals surface area contributed by atoms with E-state index in [1.165, 1.54) is 6.92 Å². The molecule has 1 amide bonds. The number of nitrogens with zero attached hydrogens (tertiary/aromatic N) is 4. The van der Waals surface area contributed by atoms with Gasteiger partial charge in [-0.05, 0) is 18.1 Å². The molecule has 0 radical (unpaired) electrons. The molecule has 0 aliphatic carbocycles. The summed E-state index contributed by atoms with van der Waals surface area (Å²) in [4.78, 5) is 25.4. The first kappa shape index (κ1) is 24.9. The third kappa shape index (κ3) is 4.05. The minimum atomic E-state index is -4.06. The second kappa shape index (κ2) is 8.96. The van der Waals surface area contributed by atoms with E-state index in [-0.39, 0.29) is 37.9 Å². The number of rotatable bonds is 9. The van der Waals surface area contributed by atoms with Crippen LogP contribution in [-0.2, 0) is 42.1 Å². The van der Waals surface area contributed by atoms with Crippen molar-refractivity contribution in [3.63, 3.8) is 0 Å². The van der Waals surface area contributed by atoms with Gasteiger partial charge in [0, 0.05) is 5.22 Å². The van der Waals surface area contributed by atoms with Gasteiger partial charge in [-0.15, -0.1) is 4.59 Å². The molecule has 11 nitrogen and oxygen atoms in total. The molecule has 0 aromatic heterocycles. The molecule has 5 rings (SSSR count). The van der Waals surface area contributed by atoms with E-state index in [1.807, 2.05) is 60.7 Å². The summed E-state index contributed by atoms with van der Waals surface area (Å²) in [6.07, 6.45) is -0.231. The Hall–Kier alpha value is -3.77. The first-order valence-electron chi connectivity index (χ1n) is 11.7. The number of carbonyl (C=O) groups is 2. The lowest BCUT2D eigenvalue weighted by molar-refractivity contribution is -0.897. The van der Waals surface area contributed by atoms with E-state index in [4.69, 9.17) is 9.47 Å². The number of amides is 1. The molecular formula is C25H27N4O7S+. The Bertz CT molecular complexity index is 1400. The Morgan fingerprint density at radius 2 is 1.65 bits per heavy atom. The average Bonchev–Trinajstić information content (AvgIpc) is 3.24. The third-order valence-corrected chi connectivity index (χ3v) is 9.82. The number of β-lactam (4-membered cyclic amide) rings is 1. The summed E-state index contributed by atoms with van der Waals surface area (Å²) in [6, 6.07) is 17.2. The average molecular weight is 528 g/mol. The highest BCUT2D eigenvalue weighted by molar-refractivity contribution is 7.94. The fourth-order valence-electron chi connectivity index (χ4n) is 5.17. The topological polar surface area (TPSA) is 135 Å². The second-order valence-corrected chi connectivity index (χ2v) is 12.3. The standard InChI is InChI=1S/C25H26N4O7S/c1-25(21(24(31)32)28-19(30)13-20(28)37(25,33)34)16-29(2)23(36-15-18-11-7-4-8-12-18)22(26-27-29)35-14-17-9-5-3-6-10-17/h3-12,20-21H,13-16H2,1-2H3/p+1/t20-,21-,25-,29?/m0/s1. The number of aliphatic carboxylic acids is 1. The summed E-state index contributed by atoms with van der Waals surface area (Å²) in [7, 11) is -2.47. The lowest BCUT2D eigenvalue weighted by Crippen LogP contribution is -2.60. The van der Waals surface area contributed by atoms with Crippen molar-refractivity contribution in [3.8, 4) is 0 Å². The largest absolute Gasteiger partial charge is 0.480 e. The molecular weight excluding hydrogens is 500 g/mol. The Kier molecular flexibility index (Phi) is 6.03. The zero-order chi connectivity index (χ0) is 26.4. The minimum absolute atomic E-state index is 0.0764. The molecule has 4 atom stereocenters. The van der Waals surface area contributed by atoms with Gasteiger partial charge in [-0.1, -0.05) is 65.8 Å². The third-order valence-electron chi connectivity index (χ3n) is 7.06. The van der Waals surface area contributed by atoms with Gasteiger partial charge in [-0.3, -0.25) is 4.79 Å². The Morgan fingerprint density at radius 1 is 1.08 bits per heavy atom. The number of ether oxygens (including phenoxy) is 2. The summed E-state index contributed by atoms with van der Waals surface area (Å²) in [5.41, 5.74) is 1.74. The van der Waals surface area contributed by atoms with Crippen LogP contribution in [0.25, 0.3) is 0 Å². The zero-order valence-electron chi connectivity index (χ0n) is 20.4. The molecule has 3 aliphatic heterocycles. The van der Waals surface area contributed by atoms with Gasteiger partial charge in [0.25, 0.3) is 0 Å². The normalized spacial score (nSPS) is 29.7. The summed E-state index contributed by atoms with van der Waals surface area (Å²) >= 11 is 0. The van der Waals surface area contributed by atoms with Crippen LogP contribution in [0.4, 0.5) is 0 Å². The molecule has 194 valence electrons. The molecule has 2 saturated heterocycles. The van der Waals surface area contributed by atoms with E-state index in [9.17, 15) is 23.1 Å². The van der Waals surface area contributed by atoms with Crippen LogP contribution in [0.2, 0.25) is 0 Å². The van der Waals surface area contributed by atoms with Crippen LogP contribution in [0.5, 0.6) is 0 Å². The SMILES string of the molecule is C[C@]1(C[N+]2(C)N=NC(OCc3ccccc3)=C2OCc2ccccc2)[C@H](C(=O)O)N2C(=O)C[C@@H]2S1(=O)=O. The van der Waals surface area contributed by atoms with E-state index in [0.29, 0.717) is 0 Å². The predicted molar refractivity (Wildman–Crippen MR) is 129 cm³/mol. The molecule has 3 heterocycles. The molecule has 1 unspecified atom stereocenters. The van der Waals surface area contributed by atoms with Gasteiger partial charge in [0.15, 0.2) is 20.6 Å². The highest BCUT2D eigenvalue weighted by atomic mass is 32.2. The number of hydrogen-bond donors (Lipinski definition) is 1. The summed E-state index contributed by atoms with van der Waals surface area (Å²) in [6.45, 7) is 1.33. The van der Waals surface area contributed by atoms with Gasteiger partial charge in [0.2, 0.25) is 5.91 Å². The fraction of sp³-hybridized carbons (Fsp3) is 0.360. The maximum atomic E-state index is 13.5. The molecule has 1 N–H and O–H groups in total. The van der Waals surface area contributed by atoms with Crippen molar-refractivity contribution in [2.45, 2.75) is 42.7 Å². The quantitative estimate of drug-likeness (QED) is 0.391. The maximum Gasteiger partial charge on any atom is 0.386 e. The molecule has 2 aromatic rings. The number of carbonyl (C=O) groups excluding carboxylic acids is 1. The molecule has 37 heavy (non-hydrogen) atoms. The lowest BCUT2D eigenvalue weighted by atomic mass is 9.95. The number of benzene rings is 2. The number of quaternary nitrogens is 1. The Morgan fingerprint density at radius 3 is 2.19 bits per heavy atom. The number of carboxylic acid groups (broad SMARTS) is 1. The highest BCUT2D eigenvalue weighted by Gasteiger charge is 2.73. The summed E-state index contributed by atoms with van der Waals surface area (Å²) < 4.78 is 36.8. The second-order valence-electron chi connectivity index (χ2n) is 9.70. The van der Waals surface area contributed by atoms with Gasteiger partial charge in [-0.25, -0.2) is 13.2 Å². The number of sulfone groups is 1. The maximum absolute atomic E-state index is 13.5. The summed E-state index contributed by atoms with van der Waals surface area (Å²) in [5, 5.41) is 17.3. The van der Waals surface area contributed by atoms with Gasteiger partial charge >= 0.3 is 17.7 Å². The van der Waals surface area contributed by atoms with Crippen LogP contribution in [0.15, 0.2) is 82.8 Å². The smallest absolute Gasteiger partial charge is 0.386 e. The van der Waals surface area contributed by atoms with Crippen molar-refractivity contribution in [2.75, 3.05) is 13.6 Å². The molecule has 0 saturated carbocycles. The van der Waals surface area contributed by atoms with Crippen molar-refractivity contribution < 1.29 is 37.2 Å². The fourth-order valence-corrected chi connectivity index (χ4v) is 7.65. The van der Waals surface area contributed by atoms with Crippen LogP contribution in [-0.4, -0.2) is 64.6 Å². The van der Waals surface area contributed by atoms with Crippen LogP contribution in [0, 0.1) is 0 Å². The highest BCUT2D eigenvalue weighted by Crippen LogP contribution is 2.48. The monoisotopic (exact) mass is 527 g/mol. The van der Waals surface area contributed by atoms with Crippen LogP contribution in [0.1, 0.15) is 24.5 Å². The zero-order valence-corrected chi connectivity index (χ0v) is 21.2.